The number of para-hydroxylation sites is 6. The molecule has 9 aromatic carbocycles. The number of amides is 3. The number of piperidine rings is 3. The quantitative estimate of drug-likeness (QED) is 0.0208. The molecule has 0 unspecified atom stereocenters. The van der Waals surface area contributed by atoms with Gasteiger partial charge < -0.3 is 77.9 Å². The molecule has 3 amide bonds. The Morgan fingerprint density at radius 2 is 0.781 bits per heavy atom. The van der Waals surface area contributed by atoms with E-state index in [-0.39, 0.29) is 64.4 Å². The highest BCUT2D eigenvalue weighted by Gasteiger charge is 2.34. The first kappa shape index (κ1) is 101. The summed E-state index contributed by atoms with van der Waals surface area (Å²) in [6, 6.07) is 66.8. The van der Waals surface area contributed by atoms with E-state index in [4.69, 9.17) is 33.9 Å². The number of halogens is 1. The Morgan fingerprint density at radius 3 is 1.18 bits per heavy atom. The number of rotatable bonds is 33. The molecule has 0 radical (unpaired) electrons. The van der Waals surface area contributed by atoms with Crippen molar-refractivity contribution in [3.63, 3.8) is 0 Å². The molecule has 724 valence electrons. The monoisotopic (exact) mass is 1920 g/mol. The summed E-state index contributed by atoms with van der Waals surface area (Å²) >= 11 is 3.49. The van der Waals surface area contributed by atoms with Crippen LogP contribution in [0.3, 0.4) is 0 Å². The summed E-state index contributed by atoms with van der Waals surface area (Å²) in [7, 11) is 10.7. The van der Waals surface area contributed by atoms with Gasteiger partial charge in [0.25, 0.3) is 0 Å². The summed E-state index contributed by atoms with van der Waals surface area (Å²) in [5, 5.41) is 6.01. The minimum absolute atomic E-state index is 0.141. The van der Waals surface area contributed by atoms with Gasteiger partial charge in [0, 0.05) is 161 Å². The van der Waals surface area contributed by atoms with Crippen LogP contribution >= 0.6 is 15.9 Å². The largest absolute Gasteiger partial charge is 0.497 e. The van der Waals surface area contributed by atoms with Gasteiger partial charge in [0.2, 0.25) is 17.7 Å². The number of hydrogen-bond acceptors (Lipinski definition) is 15. The van der Waals surface area contributed by atoms with Crippen LogP contribution in [-0.4, -0.2) is 205 Å². The summed E-state index contributed by atoms with van der Waals surface area (Å²) in [5.41, 5.74) is 18.5. The molecular formula is C109H136BrN17O10. The third-order valence-corrected chi connectivity index (χ3v) is 26.8. The molecule has 9 heterocycles. The molecule has 3 fully saturated rings. The van der Waals surface area contributed by atoms with E-state index >= 15 is 0 Å². The van der Waals surface area contributed by atoms with Gasteiger partial charge in [-0.15, -0.1) is 0 Å². The van der Waals surface area contributed by atoms with Crippen molar-refractivity contribution in [1.29, 1.82) is 0 Å². The second-order valence-corrected chi connectivity index (χ2v) is 38.1. The number of aryl methyl sites for hydroxylation is 5. The predicted octanol–water partition coefficient (Wildman–Crippen LogP) is 18.1. The van der Waals surface area contributed by atoms with Crippen molar-refractivity contribution in [2.45, 2.75) is 168 Å². The second-order valence-electron chi connectivity index (χ2n) is 37.2. The number of aromatic nitrogens is 12. The lowest BCUT2D eigenvalue weighted by Crippen LogP contribution is -2.40. The Bertz CT molecular complexity index is 6650. The van der Waals surface area contributed by atoms with Crippen molar-refractivity contribution in [2.24, 2.45) is 17.8 Å². The topological polar surface area (TPSA) is 300 Å². The lowest BCUT2D eigenvalue weighted by molar-refractivity contribution is -0.134. The molecule has 6 atom stereocenters. The number of aromatic amines is 4. The van der Waals surface area contributed by atoms with Gasteiger partial charge in [-0.3, -0.25) is 23.5 Å². The van der Waals surface area contributed by atoms with Crippen molar-refractivity contribution in [2.75, 3.05) is 115 Å². The van der Waals surface area contributed by atoms with Gasteiger partial charge in [-0.25, -0.2) is 29.3 Å². The zero-order valence-corrected chi connectivity index (χ0v) is 83.0. The fraction of sp³-hybridized carbons (Fsp3) is 0.422. The molecule has 3 aliphatic rings. The number of fused-ring (bicyclic) bond motifs is 6. The first-order valence-electron chi connectivity index (χ1n) is 48.6. The molecule has 0 bridgehead atoms. The average Bonchev–Trinajstić information content (AvgIpc) is 1.67. The maximum atomic E-state index is 13.5. The van der Waals surface area contributed by atoms with E-state index in [0.29, 0.717) is 57.2 Å². The summed E-state index contributed by atoms with van der Waals surface area (Å²) in [6.45, 7) is 22.0. The number of imidazole rings is 6. The van der Waals surface area contributed by atoms with Gasteiger partial charge in [-0.2, -0.15) is 0 Å². The minimum Gasteiger partial charge on any atom is -0.497 e. The van der Waals surface area contributed by atoms with Gasteiger partial charge >= 0.3 is 17.1 Å². The van der Waals surface area contributed by atoms with Crippen molar-refractivity contribution in [1.82, 2.24) is 83.1 Å². The Hall–Kier alpha value is -12.3. The number of ether oxygens (including phenoxy) is 4. The van der Waals surface area contributed by atoms with Crippen LogP contribution in [0.15, 0.2) is 219 Å². The van der Waals surface area contributed by atoms with E-state index in [1.54, 1.807) is 37.6 Å². The smallest absolute Gasteiger partial charge is 0.331 e. The van der Waals surface area contributed by atoms with Gasteiger partial charge in [0.1, 0.15) is 23.2 Å². The summed E-state index contributed by atoms with van der Waals surface area (Å²) in [6.07, 6.45) is 13.1. The van der Waals surface area contributed by atoms with Crippen LogP contribution in [0.5, 0.6) is 5.75 Å². The minimum atomic E-state index is -0.189. The van der Waals surface area contributed by atoms with E-state index < -0.39 is 0 Å². The van der Waals surface area contributed by atoms with Gasteiger partial charge in [0.15, 0.2) is 0 Å². The van der Waals surface area contributed by atoms with E-state index in [9.17, 15) is 28.8 Å². The maximum Gasteiger partial charge on any atom is 0.331 e. The Labute approximate surface area is 810 Å². The fourth-order valence-electron chi connectivity index (χ4n) is 19.5. The molecule has 3 saturated heterocycles. The normalized spacial score (nSPS) is 15.7. The number of methoxy groups -OCH3 is 4. The van der Waals surface area contributed by atoms with Crippen LogP contribution in [0.1, 0.15) is 161 Å². The number of carbonyl (C=O) groups is 3. The number of carbonyl (C=O) groups excluding carboxylic acids is 3. The summed E-state index contributed by atoms with van der Waals surface area (Å²) < 4.78 is 32.7. The van der Waals surface area contributed by atoms with Crippen LogP contribution in [0, 0.1) is 31.6 Å². The van der Waals surface area contributed by atoms with Crippen LogP contribution < -0.4 is 32.4 Å². The van der Waals surface area contributed by atoms with Crippen LogP contribution in [0.2, 0.25) is 0 Å². The second kappa shape index (κ2) is 49.1. The van der Waals surface area contributed by atoms with E-state index in [1.807, 2.05) is 142 Å². The number of nitrogens with zero attached hydrogens (tertiary/aromatic N) is 11. The van der Waals surface area contributed by atoms with E-state index in [1.165, 1.54) is 11.1 Å². The van der Waals surface area contributed by atoms with Crippen LogP contribution in [-0.2, 0) is 67.5 Å². The SMILES string of the molecule is CNCCNC.COCCCn1c([C@@H]2CCCN(C(=O)C[C@H](C)Cc3ccc(-n4c(=O)[nH]c5cc(C)ccc54)cc3)C2)nc2ccccc21.COCCCn1c([C@@H]2CCCN(C(=O)C[C@H](C)Cc3ccc(-n4c(=O)[nH]c5ccc(OC)cc54)cc3)C2)nc2ccccc21.COCCCn1c([C@@H]2CCCN(C(=O)C[C@H](C)Cc3ccc(Br)cc3)C2)nc2ccccc21.Cc1ccc2[nH]c(=O)[nH]c2c1. The molecule has 0 spiro atoms. The average molecular weight is 1920 g/mol. The molecule has 0 saturated carbocycles. The zero-order chi connectivity index (χ0) is 96.4. The first-order chi connectivity index (χ1) is 66.6. The lowest BCUT2D eigenvalue weighted by Gasteiger charge is -2.33. The third-order valence-electron chi connectivity index (χ3n) is 26.3. The Balaban J connectivity index is 0.000000152. The Kier molecular flexibility index (Phi) is 36.1. The van der Waals surface area contributed by atoms with Crippen molar-refractivity contribution >= 4 is 99.9 Å². The standard InChI is InChI=1S/C35H41N5O4.C35H41N5O3.C27H34BrN3O2.C8H8N2O.C4H12N2/c1-24(20-25-11-13-27(14-12-25)40-32-22-28(44-3)15-16-30(32)37-35(40)42)21-33(41)38-17-6-8-26(23-38)34-36-29-9-4-5-10-31(29)39(34)18-7-19-43-2;1-24-11-16-32-30(21-24)37-35(42)40(32)28-14-12-26(13-15-28)20-25(2)22-33(41)38-17-6-8-27(23-38)34-36-29-9-4-5-10-31(29)39(34)18-7-19-43-3;1-20(17-21-10-12-23(28)13-11-21)18-26(32)30-14-5-7-22(19-30)27-29-24-8-3-4-9-25(24)31(27)15-6-16-33-2;1-5-2-3-6-7(4-5)10-8(11)9-6;1-5-3-4-6-2/h4-5,9-16,22,24,26H,6-8,17-21,23H2,1-3H3,(H,37,42);4-5,9-16,21,25,27H,6-8,17-20,22-23H2,1-3H3,(H,37,42);3-4,8-13,20,22H,5-7,14-19H2,1-2H3;2-4H,1H3,(H2,9,10,11);5-6H,3-4H2,1-2H3/t24-,26-;25-,27-;20-,22-;;/m111../s1. The molecule has 137 heavy (non-hydrogen) atoms. The van der Waals surface area contributed by atoms with Crippen molar-refractivity contribution in [3.8, 4) is 17.1 Å². The van der Waals surface area contributed by atoms with Gasteiger partial charge in [-0.05, 0) is 260 Å². The summed E-state index contributed by atoms with van der Waals surface area (Å²) in [5.74, 6) is 6.12. The van der Waals surface area contributed by atoms with Crippen LogP contribution in [0.4, 0.5) is 0 Å². The Morgan fingerprint density at radius 1 is 0.416 bits per heavy atom. The molecule has 28 heteroatoms. The number of nitrogens with one attached hydrogen (secondary N) is 6. The third kappa shape index (κ3) is 26.3. The molecular weight excluding hydrogens is 1790 g/mol. The first-order valence-corrected chi connectivity index (χ1v) is 49.4. The zero-order valence-electron chi connectivity index (χ0n) is 81.4. The van der Waals surface area contributed by atoms with Crippen molar-refractivity contribution in [3.05, 3.63) is 281 Å². The number of likely N-dealkylation sites (N-methyl/N-ethyl adjacent to an activating group) is 2. The highest BCUT2D eigenvalue weighted by molar-refractivity contribution is 9.10. The number of H-pyrrole nitrogens is 4. The highest BCUT2D eigenvalue weighted by atomic mass is 79.9. The molecule has 27 nitrogen and oxygen atoms in total. The predicted molar refractivity (Wildman–Crippen MR) is 552 cm³/mol. The van der Waals surface area contributed by atoms with E-state index in [0.717, 1.165) is 259 Å². The number of likely N-dealkylation sites (tertiary alicyclic amines) is 3. The van der Waals surface area contributed by atoms with E-state index in [2.05, 4.69) is 182 Å². The van der Waals surface area contributed by atoms with Crippen LogP contribution in [0.25, 0.3) is 77.6 Å². The van der Waals surface area contributed by atoms with Gasteiger partial charge in [0.05, 0.1) is 84.7 Å². The fourth-order valence-corrected chi connectivity index (χ4v) is 19.8. The molecule has 3 aliphatic heterocycles. The number of benzene rings is 9. The lowest BCUT2D eigenvalue weighted by atomic mass is 9.94. The molecule has 6 aromatic heterocycles. The summed E-state index contributed by atoms with van der Waals surface area (Å²) in [4.78, 5) is 109. The molecule has 15 aromatic rings. The number of hydrogen-bond donors (Lipinski definition) is 6. The molecule has 6 N–H and O–H groups in total. The van der Waals surface area contributed by atoms with Crippen molar-refractivity contribution < 1.29 is 33.3 Å². The molecule has 18 rings (SSSR count). The highest BCUT2D eigenvalue weighted by Crippen LogP contribution is 2.36. The molecule has 0 aliphatic carbocycles. The van der Waals surface area contributed by atoms with Gasteiger partial charge in [-0.1, -0.05) is 122 Å². The maximum absolute atomic E-state index is 13.5.